The Morgan fingerprint density at radius 3 is 2.71 bits per heavy atom. The third-order valence-electron chi connectivity index (χ3n) is 7.44. The van der Waals surface area contributed by atoms with Crippen molar-refractivity contribution in [3.8, 4) is 5.75 Å². The molecule has 1 aromatic heterocycles. The number of hydrogen-bond donors (Lipinski definition) is 3. The zero-order valence-corrected chi connectivity index (χ0v) is 22.5. The molecule has 1 aromatic carbocycles. The summed E-state index contributed by atoms with van der Waals surface area (Å²) in [5.74, 6) is 1.41. The minimum atomic E-state index is -0.530. The number of nitrogens with zero attached hydrogens (tertiary/aromatic N) is 2. The highest BCUT2D eigenvalue weighted by Gasteiger charge is 2.30. The van der Waals surface area contributed by atoms with Gasteiger partial charge in [0.15, 0.2) is 11.0 Å². The number of fused-ring (bicyclic) bond motifs is 2. The van der Waals surface area contributed by atoms with Crippen molar-refractivity contribution in [2.45, 2.75) is 97.8 Å². The largest absolute Gasteiger partial charge is 0.487 e. The van der Waals surface area contributed by atoms with Gasteiger partial charge in [-0.25, -0.2) is 9.98 Å². The Morgan fingerprint density at radius 1 is 1.20 bits per heavy atom. The third kappa shape index (κ3) is 5.54. The van der Waals surface area contributed by atoms with Crippen LogP contribution < -0.4 is 21.5 Å². The van der Waals surface area contributed by atoms with E-state index in [-0.39, 0.29) is 11.4 Å². The number of nitrogens with two attached hydrogens (primary N) is 2. The van der Waals surface area contributed by atoms with Crippen LogP contribution in [0.1, 0.15) is 87.7 Å². The number of guanidine groups is 1. The topological polar surface area (TPSA) is 116 Å². The fraction of sp³-hybridized carbons (Fsp3) is 0.593. The number of aromatic nitrogens is 1. The Labute approximate surface area is 212 Å². The van der Waals surface area contributed by atoms with Crippen molar-refractivity contribution in [2.24, 2.45) is 16.5 Å². The molecular weight excluding hydrogens is 458 g/mol. The predicted octanol–water partition coefficient (Wildman–Crippen LogP) is 4.06. The number of carbonyl (C=O) groups excluding carboxylic acids is 1. The molecule has 0 fully saturated rings. The maximum absolute atomic E-state index is 12.6. The Kier molecular flexibility index (Phi) is 7.52. The Balaban J connectivity index is 1.29. The molecular formula is C27H39N5O2S. The van der Waals surface area contributed by atoms with Crippen molar-refractivity contribution in [1.82, 2.24) is 10.3 Å². The van der Waals surface area contributed by atoms with E-state index in [1.54, 1.807) is 0 Å². The summed E-state index contributed by atoms with van der Waals surface area (Å²) in [6.07, 6.45) is 6.50. The molecule has 2 aliphatic rings. The van der Waals surface area contributed by atoms with E-state index in [0.29, 0.717) is 30.5 Å². The molecule has 7 nitrogen and oxygen atoms in total. The Hall–Kier alpha value is -2.45. The fourth-order valence-corrected chi connectivity index (χ4v) is 6.18. The van der Waals surface area contributed by atoms with E-state index >= 15 is 0 Å². The lowest BCUT2D eigenvalue weighted by atomic mass is 9.85. The molecule has 0 spiro atoms. The summed E-state index contributed by atoms with van der Waals surface area (Å²) in [5.41, 5.74) is 19.5. The van der Waals surface area contributed by atoms with Gasteiger partial charge in [0.25, 0.3) is 0 Å². The molecule has 1 aliphatic carbocycles. The second-order valence-corrected chi connectivity index (χ2v) is 11.6. The van der Waals surface area contributed by atoms with E-state index in [1.807, 2.05) is 0 Å². The van der Waals surface area contributed by atoms with Crippen molar-refractivity contribution >= 4 is 23.1 Å². The van der Waals surface area contributed by atoms with Crippen LogP contribution >= 0.6 is 11.3 Å². The molecule has 0 amide bonds. The van der Waals surface area contributed by atoms with Crippen LogP contribution in [-0.2, 0) is 25.8 Å². The Bertz CT molecular complexity index is 1130. The predicted molar refractivity (Wildman–Crippen MR) is 143 cm³/mol. The number of hydrogen-bond acceptors (Lipinski definition) is 6. The molecule has 5 N–H and O–H groups in total. The number of ketones is 1. The van der Waals surface area contributed by atoms with E-state index in [9.17, 15) is 4.79 Å². The molecule has 0 bridgehead atoms. The normalized spacial score (nSPS) is 17.5. The van der Waals surface area contributed by atoms with Crippen LogP contribution in [-0.4, -0.2) is 34.9 Å². The van der Waals surface area contributed by atoms with E-state index in [1.165, 1.54) is 44.0 Å². The van der Waals surface area contributed by atoms with Gasteiger partial charge in [-0.05, 0) is 107 Å². The first-order valence-corrected chi connectivity index (χ1v) is 13.5. The van der Waals surface area contributed by atoms with Gasteiger partial charge >= 0.3 is 0 Å². The van der Waals surface area contributed by atoms with Gasteiger partial charge in [-0.15, -0.1) is 11.3 Å². The minimum Gasteiger partial charge on any atom is -0.487 e. The first-order valence-electron chi connectivity index (χ1n) is 12.7. The summed E-state index contributed by atoms with van der Waals surface area (Å²) in [5, 5.41) is 3.73. The summed E-state index contributed by atoms with van der Waals surface area (Å²) < 4.78 is 6.33. The van der Waals surface area contributed by atoms with E-state index < -0.39 is 6.04 Å². The fourth-order valence-electron chi connectivity index (χ4n) is 5.03. The molecule has 1 atom stereocenters. The average Bonchev–Trinajstić information content (AvgIpc) is 3.41. The van der Waals surface area contributed by atoms with Crippen molar-refractivity contribution in [3.05, 3.63) is 43.4 Å². The van der Waals surface area contributed by atoms with Gasteiger partial charge in [0.2, 0.25) is 5.78 Å². The lowest BCUT2D eigenvalue weighted by Gasteiger charge is -2.35. The minimum absolute atomic E-state index is 0.0489. The highest BCUT2D eigenvalue weighted by molar-refractivity contribution is 7.13. The molecule has 35 heavy (non-hydrogen) atoms. The molecule has 4 rings (SSSR count). The van der Waals surface area contributed by atoms with Crippen LogP contribution in [0, 0.1) is 20.8 Å². The summed E-state index contributed by atoms with van der Waals surface area (Å²) in [6.45, 7) is 11.9. The molecule has 1 unspecified atom stereocenters. The highest BCUT2D eigenvalue weighted by atomic mass is 32.1. The van der Waals surface area contributed by atoms with Gasteiger partial charge < -0.3 is 21.5 Å². The number of aliphatic imine (C=N–C) groups is 1. The monoisotopic (exact) mass is 497 g/mol. The molecule has 2 heterocycles. The van der Waals surface area contributed by atoms with Crippen LogP contribution in [0.2, 0.25) is 0 Å². The van der Waals surface area contributed by atoms with E-state index in [0.717, 1.165) is 50.0 Å². The van der Waals surface area contributed by atoms with E-state index in [2.05, 4.69) is 49.9 Å². The number of rotatable bonds is 8. The summed E-state index contributed by atoms with van der Waals surface area (Å²) in [7, 11) is 0. The van der Waals surface area contributed by atoms with Crippen LogP contribution in [0.3, 0.4) is 0 Å². The van der Waals surface area contributed by atoms with Crippen LogP contribution in [0.15, 0.2) is 4.99 Å². The summed E-state index contributed by atoms with van der Waals surface area (Å²) >= 11 is 1.52. The average molecular weight is 498 g/mol. The van der Waals surface area contributed by atoms with Gasteiger partial charge in [0.1, 0.15) is 11.4 Å². The number of carbonyl (C=O) groups is 1. The quantitative estimate of drug-likeness (QED) is 0.219. The second-order valence-electron chi connectivity index (χ2n) is 10.5. The van der Waals surface area contributed by atoms with Gasteiger partial charge in [-0.1, -0.05) is 0 Å². The number of Topliss-reactive ketones (excluding diaryl/α,β-unsaturated/α-hetero) is 1. The number of thiazole rings is 1. The molecule has 2 aromatic rings. The Morgan fingerprint density at radius 2 is 1.97 bits per heavy atom. The molecule has 8 heteroatoms. The molecule has 0 saturated carbocycles. The second kappa shape index (κ2) is 10.3. The van der Waals surface area contributed by atoms with Gasteiger partial charge in [-0.2, -0.15) is 0 Å². The third-order valence-corrected chi connectivity index (χ3v) is 8.61. The summed E-state index contributed by atoms with van der Waals surface area (Å²) in [4.78, 5) is 23.0. The summed E-state index contributed by atoms with van der Waals surface area (Å²) in [6, 6.07) is -0.530. The molecule has 0 saturated heterocycles. The van der Waals surface area contributed by atoms with Crippen molar-refractivity contribution in [2.75, 3.05) is 6.54 Å². The maximum Gasteiger partial charge on any atom is 0.207 e. The van der Waals surface area contributed by atoms with Crippen molar-refractivity contribution < 1.29 is 9.53 Å². The maximum atomic E-state index is 12.6. The van der Waals surface area contributed by atoms with Gasteiger partial charge in [0, 0.05) is 11.4 Å². The SMILES string of the molecule is Cc1c(C)c2c(c(C)c1CN=C(N)NCCCC(N)C(=O)c1nc3c(s1)CCC3)CCC(C)(C)O2. The van der Waals surface area contributed by atoms with Crippen molar-refractivity contribution in [1.29, 1.82) is 0 Å². The first kappa shape index (κ1) is 25.6. The molecule has 190 valence electrons. The smallest absolute Gasteiger partial charge is 0.207 e. The lowest BCUT2D eigenvalue weighted by molar-refractivity contribution is 0.0833. The van der Waals surface area contributed by atoms with Crippen molar-refractivity contribution in [3.63, 3.8) is 0 Å². The molecule has 1 aliphatic heterocycles. The molecule has 0 radical (unpaired) electrons. The number of benzene rings is 1. The zero-order chi connectivity index (χ0) is 25.3. The van der Waals surface area contributed by atoms with Gasteiger partial charge in [0.05, 0.1) is 18.3 Å². The number of ether oxygens (including phenoxy) is 1. The zero-order valence-electron chi connectivity index (χ0n) is 21.7. The van der Waals surface area contributed by atoms with Crippen LogP contribution in [0.5, 0.6) is 5.75 Å². The van der Waals surface area contributed by atoms with Crippen LogP contribution in [0.25, 0.3) is 0 Å². The number of aryl methyl sites for hydroxylation is 2. The van der Waals surface area contributed by atoms with E-state index in [4.69, 9.17) is 16.2 Å². The lowest BCUT2D eigenvalue weighted by Crippen LogP contribution is -2.35. The number of nitrogens with one attached hydrogen (secondary N) is 1. The first-order chi connectivity index (χ1) is 16.6. The van der Waals surface area contributed by atoms with Gasteiger partial charge in [-0.3, -0.25) is 4.79 Å². The standard InChI is InChI=1S/C27H39N5O2S/c1-15-16(2)24-18(11-12-27(4,5)34-24)17(3)19(15)14-31-26(29)30-13-7-8-20(28)23(33)25-32-21-9-6-10-22(21)35-25/h20H,6-14,28H2,1-5H3,(H3,29,30,31). The highest BCUT2D eigenvalue weighted by Crippen LogP contribution is 2.41. The van der Waals surface area contributed by atoms with Crippen LogP contribution in [0.4, 0.5) is 0 Å².